The number of benzene rings is 1. The first-order valence-corrected chi connectivity index (χ1v) is 12.1. The van der Waals surface area contributed by atoms with Crippen molar-refractivity contribution in [2.24, 2.45) is 0 Å². The van der Waals surface area contributed by atoms with E-state index >= 15 is 0 Å². The van der Waals surface area contributed by atoms with Crippen LogP contribution >= 0.6 is 22.9 Å². The minimum Gasteiger partial charge on any atom is -0.478 e. The number of fused-ring (bicyclic) bond motifs is 2. The van der Waals surface area contributed by atoms with Crippen LogP contribution in [0.1, 0.15) is 35.8 Å². The quantitative estimate of drug-likeness (QED) is 0.565. The van der Waals surface area contributed by atoms with Gasteiger partial charge in [-0.3, -0.25) is 9.69 Å². The fourth-order valence-electron chi connectivity index (χ4n) is 4.83. The molecule has 0 radical (unpaired) electrons. The molecular formula is C23H21ClFN5O3S. The van der Waals surface area contributed by atoms with Gasteiger partial charge in [-0.1, -0.05) is 11.6 Å². The standard InChI is InChI=1S/C23H21ClFN5O3S/c1-12(31)29-9-14-3-4-15(10-29)30(14)11-18-19(23(32)33)20(16-5-2-13(25)8-17(16)24)28-21(27-18)22-26-6-7-34-22/h2,5-8,14-15H,3-4,9-11H2,1H3,(H,32,33). The molecule has 3 aromatic rings. The Balaban J connectivity index is 1.62. The van der Waals surface area contributed by atoms with Crippen LogP contribution in [0.2, 0.25) is 5.02 Å². The number of likely N-dealkylation sites (tertiary alicyclic amines) is 1. The first-order valence-electron chi connectivity index (χ1n) is 10.8. The monoisotopic (exact) mass is 501 g/mol. The van der Waals surface area contributed by atoms with E-state index in [1.165, 1.54) is 23.5 Å². The zero-order valence-electron chi connectivity index (χ0n) is 18.2. The lowest BCUT2D eigenvalue weighted by Crippen LogP contribution is -2.54. The number of carbonyl (C=O) groups excluding carboxylic acids is 1. The SMILES string of the molecule is CC(=O)N1CC2CCC(C1)N2Cc1nc(-c2nccs2)nc(-c2ccc(F)cc2Cl)c1C(=O)O. The third-order valence-electron chi connectivity index (χ3n) is 6.42. The van der Waals surface area contributed by atoms with Gasteiger partial charge in [-0.2, -0.15) is 0 Å². The number of rotatable bonds is 5. The van der Waals surface area contributed by atoms with Crippen LogP contribution in [0.25, 0.3) is 22.1 Å². The fraction of sp³-hybridized carbons (Fsp3) is 0.348. The van der Waals surface area contributed by atoms with Gasteiger partial charge in [0, 0.05) is 55.8 Å². The summed E-state index contributed by atoms with van der Waals surface area (Å²) in [7, 11) is 0. The van der Waals surface area contributed by atoms with Gasteiger partial charge in [0.15, 0.2) is 10.8 Å². The summed E-state index contributed by atoms with van der Waals surface area (Å²) in [5.41, 5.74) is 0.715. The predicted octanol–water partition coefficient (Wildman–Crippen LogP) is 3.95. The molecule has 0 aliphatic carbocycles. The van der Waals surface area contributed by atoms with E-state index in [4.69, 9.17) is 11.6 Å². The highest BCUT2D eigenvalue weighted by atomic mass is 35.5. The average molecular weight is 502 g/mol. The number of hydrogen-bond acceptors (Lipinski definition) is 7. The molecular weight excluding hydrogens is 481 g/mol. The number of piperazine rings is 1. The van der Waals surface area contributed by atoms with Gasteiger partial charge in [-0.15, -0.1) is 11.3 Å². The zero-order chi connectivity index (χ0) is 24.0. The minimum absolute atomic E-state index is 0.0455. The zero-order valence-corrected chi connectivity index (χ0v) is 19.8. The molecule has 34 heavy (non-hydrogen) atoms. The second kappa shape index (κ2) is 9.01. The maximum absolute atomic E-state index is 13.7. The number of amides is 1. The molecule has 176 valence electrons. The summed E-state index contributed by atoms with van der Waals surface area (Å²) in [5.74, 6) is -1.38. The van der Waals surface area contributed by atoms with Crippen molar-refractivity contribution in [3.05, 3.63) is 51.9 Å². The van der Waals surface area contributed by atoms with Crippen LogP contribution < -0.4 is 0 Å². The summed E-state index contributed by atoms with van der Waals surface area (Å²) in [6.07, 6.45) is 3.48. The molecule has 2 aromatic heterocycles. The smallest absolute Gasteiger partial charge is 0.339 e. The maximum Gasteiger partial charge on any atom is 0.339 e. The van der Waals surface area contributed by atoms with Gasteiger partial charge in [0.2, 0.25) is 5.91 Å². The van der Waals surface area contributed by atoms with E-state index in [1.807, 2.05) is 4.90 Å². The molecule has 4 heterocycles. The normalized spacial score (nSPS) is 20.0. The number of halogens is 2. The van der Waals surface area contributed by atoms with Crippen molar-refractivity contribution in [2.75, 3.05) is 13.1 Å². The number of carbonyl (C=O) groups is 2. The second-order valence-corrected chi connectivity index (χ2v) is 9.77. The van der Waals surface area contributed by atoms with Gasteiger partial charge in [0.05, 0.1) is 16.4 Å². The molecule has 2 aliphatic heterocycles. The molecule has 1 N–H and O–H groups in total. The highest BCUT2D eigenvalue weighted by Crippen LogP contribution is 2.36. The summed E-state index contributed by atoms with van der Waals surface area (Å²) < 4.78 is 13.7. The van der Waals surface area contributed by atoms with Crippen molar-refractivity contribution in [2.45, 2.75) is 38.4 Å². The molecule has 2 atom stereocenters. The van der Waals surface area contributed by atoms with Gasteiger partial charge < -0.3 is 10.0 Å². The molecule has 2 unspecified atom stereocenters. The third-order valence-corrected chi connectivity index (χ3v) is 7.50. The van der Waals surface area contributed by atoms with Crippen molar-refractivity contribution in [1.82, 2.24) is 24.8 Å². The molecule has 8 nitrogen and oxygen atoms in total. The van der Waals surface area contributed by atoms with E-state index in [9.17, 15) is 19.1 Å². The van der Waals surface area contributed by atoms with Gasteiger partial charge in [0.1, 0.15) is 11.4 Å². The van der Waals surface area contributed by atoms with Crippen LogP contribution in [-0.4, -0.2) is 66.9 Å². The van der Waals surface area contributed by atoms with Gasteiger partial charge >= 0.3 is 5.97 Å². The van der Waals surface area contributed by atoms with Crippen LogP contribution in [0, 0.1) is 5.82 Å². The molecule has 0 spiro atoms. The number of aromatic carboxylic acids is 1. The highest BCUT2D eigenvalue weighted by Gasteiger charge is 2.41. The molecule has 0 saturated carbocycles. The number of nitrogens with zero attached hydrogens (tertiary/aromatic N) is 5. The van der Waals surface area contributed by atoms with Gasteiger partial charge in [-0.25, -0.2) is 24.1 Å². The van der Waals surface area contributed by atoms with Gasteiger partial charge in [-0.05, 0) is 31.0 Å². The Morgan fingerprint density at radius 1 is 1.24 bits per heavy atom. The van der Waals surface area contributed by atoms with Crippen LogP contribution in [0.15, 0.2) is 29.8 Å². The number of carboxylic acid groups (broad SMARTS) is 1. The molecule has 5 rings (SSSR count). The van der Waals surface area contributed by atoms with Crippen LogP contribution in [0.4, 0.5) is 4.39 Å². The summed E-state index contributed by atoms with van der Waals surface area (Å²) in [4.78, 5) is 41.9. The van der Waals surface area contributed by atoms with E-state index in [0.29, 0.717) is 35.2 Å². The fourth-order valence-corrected chi connectivity index (χ4v) is 5.66. The molecule has 2 aliphatic rings. The van der Waals surface area contributed by atoms with E-state index in [1.54, 1.807) is 18.5 Å². The average Bonchev–Trinajstić information content (AvgIpc) is 3.39. The lowest BCUT2D eigenvalue weighted by atomic mass is 10.0. The van der Waals surface area contributed by atoms with Crippen molar-refractivity contribution in [3.8, 4) is 22.1 Å². The lowest BCUT2D eigenvalue weighted by molar-refractivity contribution is -0.132. The minimum atomic E-state index is -1.19. The van der Waals surface area contributed by atoms with Gasteiger partial charge in [0.25, 0.3) is 0 Å². The molecule has 2 bridgehead atoms. The number of carboxylic acids is 1. The number of aromatic nitrogens is 3. The van der Waals surface area contributed by atoms with Crippen LogP contribution in [0.5, 0.6) is 0 Å². The second-order valence-electron chi connectivity index (χ2n) is 8.47. The Morgan fingerprint density at radius 2 is 1.97 bits per heavy atom. The largest absolute Gasteiger partial charge is 0.478 e. The Labute approximate surface area is 204 Å². The Kier molecular flexibility index (Phi) is 6.05. The predicted molar refractivity (Wildman–Crippen MR) is 125 cm³/mol. The summed E-state index contributed by atoms with van der Waals surface area (Å²) >= 11 is 7.65. The molecule has 1 aromatic carbocycles. The summed E-state index contributed by atoms with van der Waals surface area (Å²) in [6, 6.07) is 4.03. The topological polar surface area (TPSA) is 99.5 Å². The number of thiazole rings is 1. The van der Waals surface area contributed by atoms with E-state index in [2.05, 4.69) is 19.9 Å². The third kappa shape index (κ3) is 4.17. The molecule has 2 saturated heterocycles. The first kappa shape index (κ1) is 22.8. The molecule has 1 amide bonds. The van der Waals surface area contributed by atoms with Crippen molar-refractivity contribution < 1.29 is 19.1 Å². The Bertz CT molecular complexity index is 1260. The van der Waals surface area contributed by atoms with Crippen LogP contribution in [0.3, 0.4) is 0 Å². The van der Waals surface area contributed by atoms with Crippen molar-refractivity contribution in [3.63, 3.8) is 0 Å². The summed E-state index contributed by atoms with van der Waals surface area (Å²) in [5, 5.41) is 12.6. The molecule has 2 fully saturated rings. The van der Waals surface area contributed by atoms with Crippen LogP contribution in [-0.2, 0) is 11.3 Å². The highest BCUT2D eigenvalue weighted by molar-refractivity contribution is 7.13. The number of hydrogen-bond donors (Lipinski definition) is 1. The van der Waals surface area contributed by atoms with E-state index in [-0.39, 0.29) is 40.8 Å². The van der Waals surface area contributed by atoms with Crippen molar-refractivity contribution >= 4 is 34.8 Å². The molecule has 11 heteroatoms. The summed E-state index contributed by atoms with van der Waals surface area (Å²) in [6.45, 7) is 3.07. The van der Waals surface area contributed by atoms with E-state index in [0.717, 1.165) is 18.9 Å². The first-order chi connectivity index (χ1) is 16.3. The lowest BCUT2D eigenvalue weighted by Gasteiger charge is -2.40. The maximum atomic E-state index is 13.7. The Hall–Kier alpha value is -2.95. The van der Waals surface area contributed by atoms with E-state index < -0.39 is 11.8 Å². The van der Waals surface area contributed by atoms with Crippen molar-refractivity contribution in [1.29, 1.82) is 0 Å². The Morgan fingerprint density at radius 3 is 2.56 bits per heavy atom.